The lowest BCUT2D eigenvalue weighted by atomic mass is 9.82. The molecule has 4 heteroatoms. The molecular formula is C17H32O4. The summed E-state index contributed by atoms with van der Waals surface area (Å²) in [6.07, 6.45) is 9.44. The third kappa shape index (κ3) is 4.92. The maximum Gasteiger partial charge on any atom is 0.154 e. The van der Waals surface area contributed by atoms with E-state index in [1.165, 1.54) is 12.8 Å². The van der Waals surface area contributed by atoms with E-state index < -0.39 is 6.29 Å². The van der Waals surface area contributed by atoms with E-state index in [1.807, 2.05) is 7.11 Å². The Morgan fingerprint density at radius 3 is 1.86 bits per heavy atom. The van der Waals surface area contributed by atoms with Crippen molar-refractivity contribution < 1.29 is 19.7 Å². The van der Waals surface area contributed by atoms with E-state index in [9.17, 15) is 10.2 Å². The Hall–Kier alpha value is -0.160. The second kappa shape index (κ2) is 8.47. The zero-order valence-corrected chi connectivity index (χ0v) is 13.5. The number of hydrogen-bond donors (Lipinski definition) is 2. The average Bonchev–Trinajstić information content (AvgIpc) is 2.53. The van der Waals surface area contributed by atoms with E-state index in [0.29, 0.717) is 24.2 Å². The van der Waals surface area contributed by atoms with Gasteiger partial charge in [0.2, 0.25) is 0 Å². The summed E-state index contributed by atoms with van der Waals surface area (Å²) in [7, 11) is 1.81. The monoisotopic (exact) mass is 300 g/mol. The van der Waals surface area contributed by atoms with Crippen molar-refractivity contribution >= 4 is 0 Å². The Balaban J connectivity index is 1.75. The van der Waals surface area contributed by atoms with Crippen molar-refractivity contribution in [3.8, 4) is 0 Å². The third-order valence-corrected chi connectivity index (χ3v) is 5.49. The van der Waals surface area contributed by atoms with E-state index in [-0.39, 0.29) is 5.92 Å². The summed E-state index contributed by atoms with van der Waals surface area (Å²) in [5.41, 5.74) is 0. The first kappa shape index (κ1) is 17.2. The number of aliphatic hydroxyl groups is 2. The predicted octanol–water partition coefficient (Wildman–Crippen LogP) is 2.86. The van der Waals surface area contributed by atoms with Gasteiger partial charge in [0, 0.05) is 13.0 Å². The lowest BCUT2D eigenvalue weighted by molar-refractivity contribution is -0.120. The second-order valence-corrected chi connectivity index (χ2v) is 6.81. The summed E-state index contributed by atoms with van der Waals surface area (Å²) in [5.74, 6) is 0.713. The van der Waals surface area contributed by atoms with Gasteiger partial charge in [-0.05, 0) is 63.7 Å². The van der Waals surface area contributed by atoms with Gasteiger partial charge in [-0.1, -0.05) is 6.92 Å². The average molecular weight is 300 g/mol. The molecule has 2 fully saturated rings. The van der Waals surface area contributed by atoms with Gasteiger partial charge in [0.1, 0.15) is 0 Å². The lowest BCUT2D eigenvalue weighted by Crippen LogP contribution is -2.35. The van der Waals surface area contributed by atoms with Gasteiger partial charge < -0.3 is 19.7 Å². The standard InChI is InChI=1S/C17H32O4/c1-3-16(12-4-8-14(20-2)9-5-12)21-15-10-6-13(7-11-15)17(18)19/h12-19H,3-11H2,1-2H3. The van der Waals surface area contributed by atoms with Crippen molar-refractivity contribution in [1.82, 2.24) is 0 Å². The van der Waals surface area contributed by atoms with Crippen LogP contribution in [0.15, 0.2) is 0 Å². The Labute approximate surface area is 128 Å². The van der Waals surface area contributed by atoms with Gasteiger partial charge in [0.25, 0.3) is 0 Å². The van der Waals surface area contributed by atoms with Crippen LogP contribution < -0.4 is 0 Å². The molecule has 0 radical (unpaired) electrons. The quantitative estimate of drug-likeness (QED) is 0.741. The van der Waals surface area contributed by atoms with Crippen molar-refractivity contribution in [3.05, 3.63) is 0 Å². The van der Waals surface area contributed by atoms with E-state index in [0.717, 1.165) is 44.9 Å². The fourth-order valence-corrected chi connectivity index (χ4v) is 4.01. The Morgan fingerprint density at radius 2 is 1.38 bits per heavy atom. The van der Waals surface area contributed by atoms with Crippen LogP contribution in [0.3, 0.4) is 0 Å². The lowest BCUT2D eigenvalue weighted by Gasteiger charge is -2.37. The highest BCUT2D eigenvalue weighted by atomic mass is 16.5. The first-order valence-corrected chi connectivity index (χ1v) is 8.68. The van der Waals surface area contributed by atoms with Crippen molar-refractivity contribution in [2.75, 3.05) is 7.11 Å². The molecule has 2 aliphatic rings. The molecule has 0 spiro atoms. The summed E-state index contributed by atoms with van der Waals surface area (Å²) in [6, 6.07) is 0. The molecule has 1 atom stereocenters. The summed E-state index contributed by atoms with van der Waals surface area (Å²) in [6.45, 7) is 2.22. The van der Waals surface area contributed by atoms with Crippen LogP contribution in [-0.2, 0) is 9.47 Å². The summed E-state index contributed by atoms with van der Waals surface area (Å²) < 4.78 is 11.8. The Morgan fingerprint density at radius 1 is 0.857 bits per heavy atom. The molecule has 0 aromatic rings. The second-order valence-electron chi connectivity index (χ2n) is 6.81. The minimum Gasteiger partial charge on any atom is -0.381 e. The molecule has 2 rings (SSSR count). The number of methoxy groups -OCH3 is 1. The summed E-state index contributed by atoms with van der Waals surface area (Å²) >= 11 is 0. The molecule has 2 N–H and O–H groups in total. The minimum absolute atomic E-state index is 0.0436. The molecule has 0 aromatic heterocycles. The zero-order valence-electron chi connectivity index (χ0n) is 13.5. The van der Waals surface area contributed by atoms with Crippen LogP contribution in [0.1, 0.15) is 64.7 Å². The molecule has 124 valence electrons. The molecule has 0 heterocycles. The maximum absolute atomic E-state index is 9.25. The number of ether oxygens (including phenoxy) is 2. The molecule has 0 aromatic carbocycles. The first-order valence-electron chi connectivity index (χ1n) is 8.68. The van der Waals surface area contributed by atoms with Crippen LogP contribution in [0.2, 0.25) is 0 Å². The molecule has 21 heavy (non-hydrogen) atoms. The highest BCUT2D eigenvalue weighted by Crippen LogP contribution is 2.34. The Kier molecular flexibility index (Phi) is 6.93. The van der Waals surface area contributed by atoms with Crippen molar-refractivity contribution in [2.24, 2.45) is 11.8 Å². The molecular weight excluding hydrogens is 268 g/mol. The van der Waals surface area contributed by atoms with Crippen molar-refractivity contribution in [1.29, 1.82) is 0 Å². The SMILES string of the molecule is CCC(OC1CCC(C(O)O)CC1)C1CCC(OC)CC1. The minimum atomic E-state index is -1.16. The molecule has 4 nitrogen and oxygen atoms in total. The third-order valence-electron chi connectivity index (χ3n) is 5.49. The molecule has 2 aliphatic carbocycles. The van der Waals surface area contributed by atoms with Crippen LogP contribution in [0.4, 0.5) is 0 Å². The van der Waals surface area contributed by atoms with E-state index in [2.05, 4.69) is 6.92 Å². The van der Waals surface area contributed by atoms with Gasteiger partial charge in [0.05, 0.1) is 18.3 Å². The Bertz CT molecular complexity index is 279. The van der Waals surface area contributed by atoms with E-state index in [1.54, 1.807) is 0 Å². The number of hydrogen-bond acceptors (Lipinski definition) is 4. The van der Waals surface area contributed by atoms with Gasteiger partial charge >= 0.3 is 0 Å². The van der Waals surface area contributed by atoms with Crippen LogP contribution in [0.5, 0.6) is 0 Å². The van der Waals surface area contributed by atoms with Crippen LogP contribution >= 0.6 is 0 Å². The first-order chi connectivity index (χ1) is 10.1. The smallest absolute Gasteiger partial charge is 0.154 e. The number of aliphatic hydroxyl groups excluding tert-OH is 1. The molecule has 1 unspecified atom stereocenters. The summed E-state index contributed by atoms with van der Waals surface area (Å²) in [4.78, 5) is 0. The van der Waals surface area contributed by atoms with Gasteiger partial charge in [-0.15, -0.1) is 0 Å². The van der Waals surface area contributed by atoms with E-state index >= 15 is 0 Å². The molecule has 0 amide bonds. The summed E-state index contributed by atoms with van der Waals surface area (Å²) in [5, 5.41) is 18.5. The molecule has 0 aliphatic heterocycles. The van der Waals surface area contributed by atoms with Gasteiger partial charge in [0.15, 0.2) is 6.29 Å². The fourth-order valence-electron chi connectivity index (χ4n) is 4.01. The van der Waals surface area contributed by atoms with E-state index in [4.69, 9.17) is 9.47 Å². The van der Waals surface area contributed by atoms with Crippen molar-refractivity contribution in [3.63, 3.8) is 0 Å². The molecule has 2 saturated carbocycles. The topological polar surface area (TPSA) is 58.9 Å². The zero-order chi connectivity index (χ0) is 15.2. The van der Waals surface area contributed by atoms with Gasteiger partial charge in [-0.25, -0.2) is 0 Å². The van der Waals surface area contributed by atoms with Crippen LogP contribution in [0, 0.1) is 11.8 Å². The maximum atomic E-state index is 9.25. The van der Waals surface area contributed by atoms with Crippen LogP contribution in [-0.4, -0.2) is 41.9 Å². The van der Waals surface area contributed by atoms with Crippen molar-refractivity contribution in [2.45, 2.75) is 89.3 Å². The molecule has 0 saturated heterocycles. The van der Waals surface area contributed by atoms with Gasteiger partial charge in [-0.3, -0.25) is 0 Å². The van der Waals surface area contributed by atoms with Gasteiger partial charge in [-0.2, -0.15) is 0 Å². The highest BCUT2D eigenvalue weighted by Gasteiger charge is 2.31. The predicted molar refractivity (Wildman–Crippen MR) is 81.9 cm³/mol. The highest BCUT2D eigenvalue weighted by molar-refractivity contribution is 4.81. The molecule has 0 bridgehead atoms. The fraction of sp³-hybridized carbons (Fsp3) is 1.00. The largest absolute Gasteiger partial charge is 0.381 e. The van der Waals surface area contributed by atoms with Crippen LogP contribution in [0.25, 0.3) is 0 Å². The number of rotatable bonds is 6. The normalized spacial score (nSPS) is 35.9.